The van der Waals surface area contributed by atoms with Crippen LogP contribution in [0.5, 0.6) is 0 Å². The summed E-state index contributed by atoms with van der Waals surface area (Å²) in [4.78, 5) is 15.1. The summed E-state index contributed by atoms with van der Waals surface area (Å²) >= 11 is 0. The number of hydrogen-bond donors (Lipinski definition) is 1. The minimum atomic E-state index is -0.104. The Hall–Kier alpha value is -2.86. The lowest BCUT2D eigenvalue weighted by atomic mass is 10.1. The largest absolute Gasteiger partial charge is 0.468 e. The maximum Gasteiger partial charge on any atom is 0.254 e. The Bertz CT molecular complexity index is 867. The van der Waals surface area contributed by atoms with Gasteiger partial charge in [-0.1, -0.05) is 36.8 Å². The number of furan rings is 1. The lowest BCUT2D eigenvalue weighted by molar-refractivity contribution is 0.0914. The molecule has 0 bridgehead atoms. The summed E-state index contributed by atoms with van der Waals surface area (Å²) in [5, 5.41) is 7.39. The van der Waals surface area contributed by atoms with Gasteiger partial charge >= 0.3 is 0 Å². The summed E-state index contributed by atoms with van der Waals surface area (Å²) in [5.41, 5.74) is 1.73. The van der Waals surface area contributed by atoms with Crippen LogP contribution in [-0.2, 0) is 6.54 Å². The van der Waals surface area contributed by atoms with Crippen molar-refractivity contribution >= 4 is 5.91 Å². The van der Waals surface area contributed by atoms with Gasteiger partial charge in [-0.25, -0.2) is 0 Å². The molecule has 0 saturated carbocycles. The zero-order valence-corrected chi connectivity index (χ0v) is 16.0. The molecule has 2 aromatic heterocycles. The number of nitrogens with zero attached hydrogens (tertiary/aromatic N) is 3. The molecule has 0 spiro atoms. The predicted octanol–water partition coefficient (Wildman–Crippen LogP) is 3.48. The van der Waals surface area contributed by atoms with E-state index in [2.05, 4.69) is 15.3 Å². The lowest BCUT2D eigenvalue weighted by Gasteiger charge is -2.33. The SMILES string of the molecule is O=C(NCC(c1ccco1)N1CCCCC1)c1cnn(Cc2ccccc2)c1. The molecule has 1 atom stereocenters. The molecular weight excluding hydrogens is 352 g/mol. The van der Waals surface area contributed by atoms with E-state index in [-0.39, 0.29) is 11.9 Å². The number of carbonyl (C=O) groups is 1. The van der Waals surface area contributed by atoms with Gasteiger partial charge in [0.05, 0.1) is 30.6 Å². The zero-order valence-electron chi connectivity index (χ0n) is 16.0. The number of benzene rings is 1. The van der Waals surface area contributed by atoms with Crippen LogP contribution in [0.15, 0.2) is 65.5 Å². The molecule has 1 N–H and O–H groups in total. The van der Waals surface area contributed by atoms with Crippen LogP contribution in [-0.4, -0.2) is 40.2 Å². The number of nitrogens with one attached hydrogen (secondary N) is 1. The fraction of sp³-hybridized carbons (Fsp3) is 0.364. The highest BCUT2D eigenvalue weighted by atomic mass is 16.3. The smallest absolute Gasteiger partial charge is 0.254 e. The van der Waals surface area contributed by atoms with Crippen LogP contribution in [0.3, 0.4) is 0 Å². The number of carbonyl (C=O) groups excluding carboxylic acids is 1. The van der Waals surface area contributed by atoms with Crippen molar-refractivity contribution in [1.82, 2.24) is 20.0 Å². The first-order chi connectivity index (χ1) is 13.8. The standard InChI is InChI=1S/C22H26N4O2/c27-22(19-14-24-26(17-19)16-18-8-3-1-4-9-18)23-15-20(21-10-7-13-28-21)25-11-5-2-6-12-25/h1,3-4,7-10,13-14,17,20H,2,5-6,11-12,15-16H2,(H,23,27). The maximum absolute atomic E-state index is 12.7. The Morgan fingerprint density at radius 2 is 1.93 bits per heavy atom. The number of hydrogen-bond acceptors (Lipinski definition) is 4. The van der Waals surface area contributed by atoms with Crippen LogP contribution in [0.4, 0.5) is 0 Å². The van der Waals surface area contributed by atoms with Crippen molar-refractivity contribution in [3.63, 3.8) is 0 Å². The molecule has 1 aliphatic rings. The van der Waals surface area contributed by atoms with Gasteiger partial charge in [0.1, 0.15) is 5.76 Å². The molecule has 0 radical (unpaired) electrons. The molecule has 3 aromatic rings. The molecule has 6 heteroatoms. The van der Waals surface area contributed by atoms with Crippen molar-refractivity contribution < 1.29 is 9.21 Å². The molecule has 0 aliphatic carbocycles. The Labute approximate surface area is 165 Å². The molecule has 4 rings (SSSR count). The number of aromatic nitrogens is 2. The van der Waals surface area contributed by atoms with Crippen LogP contribution in [0.2, 0.25) is 0 Å². The van der Waals surface area contributed by atoms with Crippen molar-refractivity contribution in [2.45, 2.75) is 31.8 Å². The third kappa shape index (κ3) is 4.51. The highest BCUT2D eigenvalue weighted by molar-refractivity contribution is 5.93. The lowest BCUT2D eigenvalue weighted by Crippen LogP contribution is -2.40. The Kier molecular flexibility index (Phi) is 5.87. The summed E-state index contributed by atoms with van der Waals surface area (Å²) in [6.07, 6.45) is 8.77. The number of rotatable bonds is 7. The van der Waals surface area contributed by atoms with Crippen LogP contribution in [0.25, 0.3) is 0 Å². The molecule has 1 saturated heterocycles. The monoisotopic (exact) mass is 378 g/mol. The van der Waals surface area contributed by atoms with Crippen LogP contribution in [0, 0.1) is 0 Å². The quantitative estimate of drug-likeness (QED) is 0.684. The zero-order chi connectivity index (χ0) is 19.2. The molecule has 1 amide bonds. The third-order valence-electron chi connectivity index (χ3n) is 5.24. The van der Waals surface area contributed by atoms with E-state index in [1.165, 1.54) is 19.3 Å². The average Bonchev–Trinajstić information content (AvgIpc) is 3.42. The maximum atomic E-state index is 12.7. The highest BCUT2D eigenvalue weighted by Gasteiger charge is 2.25. The fourth-order valence-corrected chi connectivity index (χ4v) is 3.75. The van der Waals surface area contributed by atoms with Crippen LogP contribution < -0.4 is 5.32 Å². The van der Waals surface area contributed by atoms with E-state index in [1.807, 2.05) is 42.5 Å². The number of piperidine rings is 1. The van der Waals surface area contributed by atoms with Gasteiger partial charge in [0.2, 0.25) is 0 Å². The van der Waals surface area contributed by atoms with E-state index in [0.29, 0.717) is 18.7 Å². The van der Waals surface area contributed by atoms with Gasteiger partial charge in [-0.05, 0) is 43.6 Å². The molecule has 3 heterocycles. The summed E-state index contributed by atoms with van der Waals surface area (Å²) < 4.78 is 7.44. The second kappa shape index (κ2) is 8.89. The topological polar surface area (TPSA) is 63.3 Å². The summed E-state index contributed by atoms with van der Waals surface area (Å²) in [6.45, 7) is 3.25. The minimum Gasteiger partial charge on any atom is -0.468 e. The molecule has 28 heavy (non-hydrogen) atoms. The van der Waals surface area contributed by atoms with E-state index in [1.54, 1.807) is 23.3 Å². The molecule has 6 nitrogen and oxygen atoms in total. The van der Waals surface area contributed by atoms with E-state index in [4.69, 9.17) is 4.42 Å². The van der Waals surface area contributed by atoms with Crippen molar-refractivity contribution in [2.75, 3.05) is 19.6 Å². The Morgan fingerprint density at radius 1 is 1.11 bits per heavy atom. The first-order valence-electron chi connectivity index (χ1n) is 9.91. The van der Waals surface area contributed by atoms with Crippen molar-refractivity contribution in [3.8, 4) is 0 Å². The van der Waals surface area contributed by atoms with Gasteiger partial charge in [-0.2, -0.15) is 5.10 Å². The molecule has 1 unspecified atom stereocenters. The van der Waals surface area contributed by atoms with Gasteiger partial charge in [0.25, 0.3) is 5.91 Å². The van der Waals surface area contributed by atoms with Crippen LogP contribution in [0.1, 0.15) is 47.0 Å². The minimum absolute atomic E-state index is 0.0682. The first-order valence-corrected chi connectivity index (χ1v) is 9.91. The normalized spacial score (nSPS) is 16.0. The van der Waals surface area contributed by atoms with Crippen molar-refractivity contribution in [1.29, 1.82) is 0 Å². The Morgan fingerprint density at radius 3 is 2.68 bits per heavy atom. The molecule has 146 valence electrons. The molecule has 1 aromatic carbocycles. The van der Waals surface area contributed by atoms with E-state index >= 15 is 0 Å². The molecular formula is C22H26N4O2. The van der Waals surface area contributed by atoms with E-state index in [0.717, 1.165) is 24.4 Å². The summed E-state index contributed by atoms with van der Waals surface area (Å²) in [6, 6.07) is 14.1. The van der Waals surface area contributed by atoms with Crippen molar-refractivity contribution in [2.24, 2.45) is 0 Å². The molecule has 1 aliphatic heterocycles. The number of amides is 1. The highest BCUT2D eigenvalue weighted by Crippen LogP contribution is 2.24. The second-order valence-corrected chi connectivity index (χ2v) is 7.25. The van der Waals surface area contributed by atoms with Crippen LogP contribution >= 0.6 is 0 Å². The number of likely N-dealkylation sites (tertiary alicyclic amines) is 1. The third-order valence-corrected chi connectivity index (χ3v) is 5.24. The molecule has 1 fully saturated rings. The average molecular weight is 378 g/mol. The summed E-state index contributed by atoms with van der Waals surface area (Å²) in [7, 11) is 0. The first kappa shape index (κ1) is 18.5. The van der Waals surface area contributed by atoms with Gasteiger partial charge in [0, 0.05) is 12.7 Å². The Balaban J connectivity index is 1.38. The van der Waals surface area contributed by atoms with Gasteiger partial charge in [-0.15, -0.1) is 0 Å². The predicted molar refractivity (Wildman–Crippen MR) is 107 cm³/mol. The fourth-order valence-electron chi connectivity index (χ4n) is 3.75. The van der Waals surface area contributed by atoms with Crippen molar-refractivity contribution in [3.05, 3.63) is 78.0 Å². The van der Waals surface area contributed by atoms with Gasteiger partial charge in [0.15, 0.2) is 0 Å². The van der Waals surface area contributed by atoms with Gasteiger partial charge in [-0.3, -0.25) is 14.4 Å². The van der Waals surface area contributed by atoms with Gasteiger partial charge < -0.3 is 9.73 Å². The van der Waals surface area contributed by atoms with E-state index in [9.17, 15) is 4.79 Å². The second-order valence-electron chi connectivity index (χ2n) is 7.25. The van der Waals surface area contributed by atoms with E-state index < -0.39 is 0 Å². The summed E-state index contributed by atoms with van der Waals surface area (Å²) in [5.74, 6) is 0.801.